The van der Waals surface area contributed by atoms with E-state index in [4.69, 9.17) is 5.73 Å². The lowest BCUT2D eigenvalue weighted by Crippen LogP contribution is -2.50. The predicted octanol–water partition coefficient (Wildman–Crippen LogP) is 0.803. The monoisotopic (exact) mass is 198 g/mol. The Kier molecular flexibility index (Phi) is 2.14. The summed E-state index contributed by atoms with van der Waals surface area (Å²) in [5.74, 6) is 0. The van der Waals surface area contributed by atoms with Gasteiger partial charge in [-0.1, -0.05) is 0 Å². The molecule has 0 spiro atoms. The fourth-order valence-electron chi connectivity index (χ4n) is 1.93. The van der Waals surface area contributed by atoms with Crippen molar-refractivity contribution < 1.29 is 5.11 Å². The van der Waals surface area contributed by atoms with E-state index in [9.17, 15) is 5.11 Å². The van der Waals surface area contributed by atoms with Gasteiger partial charge < -0.3 is 10.8 Å². The molecule has 1 heterocycles. The number of nitrogens with zero attached hydrogens (tertiary/aromatic N) is 1. The number of aryl methyl sites for hydroxylation is 1. The second-order valence-corrected chi connectivity index (χ2v) is 4.86. The molecule has 0 bridgehead atoms. The molecule has 3 nitrogen and oxygen atoms in total. The molecular weight excluding hydrogens is 184 g/mol. The number of thiazole rings is 1. The Morgan fingerprint density at radius 1 is 1.77 bits per heavy atom. The van der Waals surface area contributed by atoms with Crippen molar-refractivity contribution in [2.24, 2.45) is 5.73 Å². The van der Waals surface area contributed by atoms with Crippen molar-refractivity contribution in [1.29, 1.82) is 0 Å². The number of hydrogen-bond acceptors (Lipinski definition) is 4. The van der Waals surface area contributed by atoms with Crippen LogP contribution in [0.3, 0.4) is 0 Å². The molecule has 1 aromatic rings. The average Bonchev–Trinajstić information content (AvgIpc) is 2.46. The van der Waals surface area contributed by atoms with Gasteiger partial charge in [0.1, 0.15) is 0 Å². The Morgan fingerprint density at radius 3 is 2.85 bits per heavy atom. The molecule has 1 aromatic heterocycles. The molecule has 0 atom stereocenters. The molecule has 1 aliphatic carbocycles. The highest BCUT2D eigenvalue weighted by Crippen LogP contribution is 2.43. The quantitative estimate of drug-likeness (QED) is 0.739. The molecule has 2 rings (SSSR count). The van der Waals surface area contributed by atoms with Crippen molar-refractivity contribution >= 4 is 11.3 Å². The third-order valence-corrected chi connectivity index (χ3v) is 3.58. The first-order valence-electron chi connectivity index (χ1n) is 4.47. The van der Waals surface area contributed by atoms with Crippen LogP contribution in [0.1, 0.15) is 23.5 Å². The van der Waals surface area contributed by atoms with E-state index >= 15 is 0 Å². The highest BCUT2D eigenvalue weighted by atomic mass is 32.1. The second kappa shape index (κ2) is 3.04. The average molecular weight is 198 g/mol. The summed E-state index contributed by atoms with van der Waals surface area (Å²) in [6, 6.07) is 0. The fourth-order valence-corrected chi connectivity index (χ4v) is 2.67. The molecule has 72 valence electrons. The topological polar surface area (TPSA) is 59.1 Å². The van der Waals surface area contributed by atoms with Crippen LogP contribution in [0.15, 0.2) is 5.38 Å². The van der Waals surface area contributed by atoms with Crippen LogP contribution >= 0.6 is 11.3 Å². The Bertz CT molecular complexity index is 304. The van der Waals surface area contributed by atoms with Crippen LogP contribution in [0.5, 0.6) is 0 Å². The van der Waals surface area contributed by atoms with Gasteiger partial charge in [-0.25, -0.2) is 4.98 Å². The molecule has 0 saturated heterocycles. The van der Waals surface area contributed by atoms with Crippen molar-refractivity contribution in [1.82, 2.24) is 4.98 Å². The normalized spacial score (nSPS) is 33.0. The first-order valence-corrected chi connectivity index (χ1v) is 5.35. The Hall–Kier alpha value is -0.450. The van der Waals surface area contributed by atoms with Crippen LogP contribution in [0, 0.1) is 6.92 Å². The molecule has 0 unspecified atom stereocenters. The van der Waals surface area contributed by atoms with Crippen molar-refractivity contribution in [3.05, 3.63) is 16.1 Å². The van der Waals surface area contributed by atoms with Crippen molar-refractivity contribution in [2.45, 2.75) is 31.3 Å². The molecule has 1 saturated carbocycles. The number of aliphatic hydroxyl groups excluding tert-OH is 1. The van der Waals surface area contributed by atoms with Gasteiger partial charge in [-0.2, -0.15) is 0 Å². The van der Waals surface area contributed by atoms with E-state index in [2.05, 4.69) is 10.4 Å². The molecule has 0 aliphatic heterocycles. The number of aliphatic hydroxyl groups is 1. The summed E-state index contributed by atoms with van der Waals surface area (Å²) in [5.41, 5.74) is 6.77. The van der Waals surface area contributed by atoms with E-state index in [1.165, 1.54) is 0 Å². The summed E-state index contributed by atoms with van der Waals surface area (Å²) in [5, 5.41) is 12.4. The smallest absolute Gasteiger partial charge is 0.0897 e. The highest BCUT2D eigenvalue weighted by molar-refractivity contribution is 7.09. The maximum Gasteiger partial charge on any atom is 0.0897 e. The zero-order chi connectivity index (χ0) is 9.47. The summed E-state index contributed by atoms with van der Waals surface area (Å²) in [4.78, 5) is 4.44. The van der Waals surface area contributed by atoms with Crippen LogP contribution in [-0.4, -0.2) is 22.7 Å². The van der Waals surface area contributed by atoms with Crippen molar-refractivity contribution in [2.75, 3.05) is 6.54 Å². The molecule has 1 aliphatic rings. The molecule has 4 heteroatoms. The van der Waals surface area contributed by atoms with E-state index in [-0.39, 0.29) is 11.5 Å². The van der Waals surface area contributed by atoms with Gasteiger partial charge in [0.25, 0.3) is 0 Å². The van der Waals surface area contributed by atoms with E-state index in [0.29, 0.717) is 6.54 Å². The third-order valence-electron chi connectivity index (χ3n) is 2.81. The number of rotatable bonds is 2. The van der Waals surface area contributed by atoms with Gasteiger partial charge >= 0.3 is 0 Å². The van der Waals surface area contributed by atoms with E-state index in [0.717, 1.165) is 23.5 Å². The van der Waals surface area contributed by atoms with Gasteiger partial charge in [-0.15, -0.1) is 11.3 Å². The SMILES string of the molecule is Cc1nc(C2(CN)CC(O)C2)cs1. The standard InChI is InChI=1S/C9H14N2OS/c1-6-11-8(4-13-6)9(5-10)2-7(12)3-9/h4,7,12H,2-3,5,10H2,1H3. The molecule has 13 heavy (non-hydrogen) atoms. The third kappa shape index (κ3) is 1.39. The van der Waals surface area contributed by atoms with Gasteiger partial charge in [0, 0.05) is 17.3 Å². The van der Waals surface area contributed by atoms with Gasteiger partial charge in [0.05, 0.1) is 16.8 Å². The van der Waals surface area contributed by atoms with Crippen molar-refractivity contribution in [3.63, 3.8) is 0 Å². The molecule has 3 N–H and O–H groups in total. The van der Waals surface area contributed by atoms with Crippen LogP contribution in [0.4, 0.5) is 0 Å². The molecular formula is C9H14N2OS. The molecule has 0 radical (unpaired) electrons. The number of hydrogen-bond donors (Lipinski definition) is 2. The number of nitrogens with two attached hydrogens (primary N) is 1. The second-order valence-electron chi connectivity index (χ2n) is 3.80. The van der Waals surface area contributed by atoms with Gasteiger partial charge in [0.15, 0.2) is 0 Å². The van der Waals surface area contributed by atoms with Gasteiger partial charge in [-0.05, 0) is 19.8 Å². The lowest BCUT2D eigenvalue weighted by Gasteiger charge is -2.43. The molecule has 1 fully saturated rings. The lowest BCUT2D eigenvalue weighted by atomic mass is 9.65. The fraction of sp³-hybridized carbons (Fsp3) is 0.667. The summed E-state index contributed by atoms with van der Waals surface area (Å²) in [6.07, 6.45) is 1.37. The van der Waals surface area contributed by atoms with E-state index in [1.54, 1.807) is 11.3 Å². The molecule has 0 aromatic carbocycles. The largest absolute Gasteiger partial charge is 0.393 e. The minimum Gasteiger partial charge on any atom is -0.393 e. The maximum atomic E-state index is 9.30. The van der Waals surface area contributed by atoms with Crippen LogP contribution < -0.4 is 5.73 Å². The number of aromatic nitrogens is 1. The Balaban J connectivity index is 2.23. The highest BCUT2D eigenvalue weighted by Gasteiger charge is 2.45. The zero-order valence-corrected chi connectivity index (χ0v) is 8.47. The maximum absolute atomic E-state index is 9.30. The minimum absolute atomic E-state index is 0.0236. The lowest BCUT2D eigenvalue weighted by molar-refractivity contribution is 0.0203. The first kappa shape index (κ1) is 9.12. The first-order chi connectivity index (χ1) is 6.16. The zero-order valence-electron chi connectivity index (χ0n) is 7.66. The molecule has 0 amide bonds. The van der Waals surface area contributed by atoms with Crippen molar-refractivity contribution in [3.8, 4) is 0 Å². The van der Waals surface area contributed by atoms with Gasteiger partial charge in [0.2, 0.25) is 0 Å². The van der Waals surface area contributed by atoms with E-state index < -0.39 is 0 Å². The Morgan fingerprint density at radius 2 is 2.46 bits per heavy atom. The summed E-state index contributed by atoms with van der Waals surface area (Å²) < 4.78 is 0. The van der Waals surface area contributed by atoms with Gasteiger partial charge in [-0.3, -0.25) is 0 Å². The van der Waals surface area contributed by atoms with Crippen LogP contribution in [-0.2, 0) is 5.41 Å². The Labute approximate surface area is 81.6 Å². The minimum atomic E-state index is -0.175. The van der Waals surface area contributed by atoms with Crippen LogP contribution in [0.2, 0.25) is 0 Å². The van der Waals surface area contributed by atoms with E-state index in [1.807, 2.05) is 6.92 Å². The predicted molar refractivity (Wildman–Crippen MR) is 52.8 cm³/mol. The van der Waals surface area contributed by atoms with Crippen LogP contribution in [0.25, 0.3) is 0 Å². The summed E-state index contributed by atoms with van der Waals surface area (Å²) in [7, 11) is 0. The summed E-state index contributed by atoms with van der Waals surface area (Å²) in [6.45, 7) is 2.58. The summed E-state index contributed by atoms with van der Waals surface area (Å²) >= 11 is 1.65.